The first-order valence-corrected chi connectivity index (χ1v) is 35.9. The molecule has 3 nitrogen and oxygen atoms in total. The lowest BCUT2D eigenvalue weighted by atomic mass is 9.99. The Bertz CT molecular complexity index is 3910. The topological polar surface area (TPSA) is 19.6 Å². The molecule has 12 aromatic carbocycles. The molecule has 13 rings (SSSR count). The van der Waals surface area contributed by atoms with Gasteiger partial charge in [-0.25, -0.2) is 0 Å². The van der Waals surface area contributed by atoms with Crippen molar-refractivity contribution < 1.29 is 4.42 Å². The fourth-order valence-corrected chi connectivity index (χ4v) is 13.8. The summed E-state index contributed by atoms with van der Waals surface area (Å²) in [6.45, 7) is 14.7. The second-order valence-electron chi connectivity index (χ2n) is 23.8. The molecule has 0 saturated heterocycles. The van der Waals surface area contributed by atoms with E-state index >= 15 is 0 Å². The van der Waals surface area contributed by atoms with E-state index in [9.17, 15) is 0 Å². The first kappa shape index (κ1) is 52.8. The van der Waals surface area contributed by atoms with Gasteiger partial charge in [0.2, 0.25) is 0 Å². The summed E-state index contributed by atoms with van der Waals surface area (Å²) in [7, 11) is -3.68. The second-order valence-corrected chi connectivity index (χ2v) is 34.0. The summed E-state index contributed by atoms with van der Waals surface area (Å²) >= 11 is 0. The number of hydrogen-bond acceptors (Lipinski definition) is 3. The summed E-state index contributed by atoms with van der Waals surface area (Å²) in [5, 5.41) is 5.17. The Hall–Kier alpha value is -9.53. The van der Waals surface area contributed by atoms with E-state index in [1.54, 1.807) is 0 Å². The third kappa shape index (κ3) is 10.8. The van der Waals surface area contributed by atoms with Crippen molar-refractivity contribution in [3.8, 4) is 66.8 Å². The first-order chi connectivity index (χ1) is 40.4. The molecule has 0 bridgehead atoms. The SMILES string of the molecule is C[Si](C)(C)c1cc(-c2ccc(N(c3ccc(-c4ccccc4)cc3)c3ccc(-c4ccccc4)cc3)cc2)c2oc3c(-c4ccc(N(c5ccc(-c6ccccc6)cc5)c5ccc(-c6ccccc6)cc5)cc4)cc([Si](C)(C)C)cc3c2c1. The van der Waals surface area contributed by atoms with E-state index in [-0.39, 0.29) is 0 Å². The molecule has 0 aliphatic carbocycles. The highest BCUT2D eigenvalue weighted by Crippen LogP contribution is 2.44. The van der Waals surface area contributed by atoms with Crippen molar-refractivity contribution in [1.82, 2.24) is 0 Å². The number of benzene rings is 12. The Morgan fingerprint density at radius 3 is 0.651 bits per heavy atom. The molecule has 0 fully saturated rings. The van der Waals surface area contributed by atoms with Crippen LogP contribution >= 0.6 is 0 Å². The highest BCUT2D eigenvalue weighted by Gasteiger charge is 2.27. The zero-order valence-electron chi connectivity index (χ0n) is 48.0. The summed E-state index contributed by atoms with van der Waals surface area (Å²) in [6.07, 6.45) is 0. The summed E-state index contributed by atoms with van der Waals surface area (Å²) in [5.74, 6) is 0. The van der Waals surface area contributed by atoms with Crippen LogP contribution in [-0.2, 0) is 0 Å². The molecule has 0 aliphatic heterocycles. The molecular weight excluding hydrogens is 1040 g/mol. The summed E-state index contributed by atoms with van der Waals surface area (Å²) in [6, 6.07) is 106. The molecule has 0 radical (unpaired) electrons. The Balaban J connectivity index is 0.905. The molecule has 0 aliphatic rings. The smallest absolute Gasteiger partial charge is 0.143 e. The minimum Gasteiger partial charge on any atom is -0.455 e. The molecule has 0 spiro atoms. The average Bonchev–Trinajstić information content (AvgIpc) is 2.20. The quantitative estimate of drug-likeness (QED) is 0.101. The van der Waals surface area contributed by atoms with Gasteiger partial charge in [-0.15, -0.1) is 0 Å². The fourth-order valence-electron chi connectivity index (χ4n) is 11.5. The van der Waals surface area contributed by atoms with Gasteiger partial charge in [0.05, 0.1) is 16.1 Å². The van der Waals surface area contributed by atoms with Gasteiger partial charge in [-0.1, -0.05) is 268 Å². The monoisotopic (exact) mass is 1100 g/mol. The third-order valence-electron chi connectivity index (χ3n) is 16.2. The van der Waals surface area contributed by atoms with Crippen molar-refractivity contribution in [2.75, 3.05) is 9.80 Å². The number of anilines is 6. The normalized spacial score (nSPS) is 11.7. The lowest BCUT2D eigenvalue weighted by molar-refractivity contribution is 0.671. The van der Waals surface area contributed by atoms with E-state index in [4.69, 9.17) is 4.42 Å². The molecule has 0 N–H and O–H groups in total. The van der Waals surface area contributed by atoms with Gasteiger partial charge in [0, 0.05) is 56.0 Å². The van der Waals surface area contributed by atoms with Crippen LogP contribution in [0.15, 0.2) is 296 Å². The van der Waals surface area contributed by atoms with Crippen LogP contribution in [-0.4, -0.2) is 16.1 Å². The lowest BCUT2D eigenvalue weighted by Crippen LogP contribution is -2.38. The summed E-state index contributed by atoms with van der Waals surface area (Å²) in [5.41, 5.74) is 22.4. The van der Waals surface area contributed by atoms with E-state index in [0.29, 0.717) is 0 Å². The number of rotatable bonds is 14. The molecule has 1 aromatic heterocycles. The van der Waals surface area contributed by atoms with Crippen molar-refractivity contribution in [3.63, 3.8) is 0 Å². The Morgan fingerprint density at radius 1 is 0.229 bits per heavy atom. The minimum absolute atomic E-state index is 0.925. The lowest BCUT2D eigenvalue weighted by Gasteiger charge is -2.26. The number of fused-ring (bicyclic) bond motifs is 3. The Kier molecular flexibility index (Phi) is 14.1. The van der Waals surface area contributed by atoms with E-state index < -0.39 is 16.1 Å². The maximum absolute atomic E-state index is 7.39. The van der Waals surface area contributed by atoms with Gasteiger partial charge < -0.3 is 14.2 Å². The Labute approximate surface area is 491 Å². The number of hydrogen-bond donors (Lipinski definition) is 0. The van der Waals surface area contributed by atoms with Gasteiger partial charge in [0.15, 0.2) is 0 Å². The molecule has 0 saturated carbocycles. The zero-order valence-corrected chi connectivity index (χ0v) is 50.0. The molecule has 83 heavy (non-hydrogen) atoms. The van der Waals surface area contributed by atoms with Gasteiger partial charge >= 0.3 is 0 Å². The first-order valence-electron chi connectivity index (χ1n) is 28.9. The predicted molar refractivity (Wildman–Crippen MR) is 362 cm³/mol. The fraction of sp³-hybridized carbons (Fsp3) is 0.0769. The highest BCUT2D eigenvalue weighted by atomic mass is 28.3. The maximum Gasteiger partial charge on any atom is 0.143 e. The molecule has 1 heterocycles. The highest BCUT2D eigenvalue weighted by molar-refractivity contribution is 6.89. The predicted octanol–water partition coefficient (Wildman–Crippen LogP) is 21.6. The van der Waals surface area contributed by atoms with Gasteiger partial charge in [-0.3, -0.25) is 0 Å². The van der Waals surface area contributed by atoms with Crippen LogP contribution in [0.4, 0.5) is 34.1 Å². The standard InChI is InChI=1S/C78H66N2OSi2/c1-82(2,3)71-51-73(63-35-47-69(48-36-63)79(65-39-27-59(28-40-65)55-19-11-7-12-20-55)66-41-29-60(30-42-66)56-21-13-8-14-22-56)77-75(53-71)76-54-72(83(4,5)6)52-74(78(76)81-77)64-37-49-70(50-38-64)80(67-43-31-61(32-44-67)57-23-15-9-16-24-57)68-45-33-62(34-46-68)58-25-17-10-18-26-58/h7-54H,1-6H3. The maximum atomic E-state index is 7.39. The molecular formula is C78H66N2OSi2. The average molecular weight is 1100 g/mol. The van der Waals surface area contributed by atoms with Crippen LogP contribution in [0.2, 0.25) is 39.3 Å². The van der Waals surface area contributed by atoms with Crippen LogP contribution < -0.4 is 20.2 Å². The molecule has 13 aromatic rings. The van der Waals surface area contributed by atoms with Crippen molar-refractivity contribution in [2.45, 2.75) is 39.3 Å². The third-order valence-corrected chi connectivity index (χ3v) is 20.2. The second kappa shape index (κ2) is 22.1. The van der Waals surface area contributed by atoms with E-state index in [1.165, 1.54) is 65.7 Å². The van der Waals surface area contributed by atoms with Crippen LogP contribution in [0.3, 0.4) is 0 Å². The van der Waals surface area contributed by atoms with Crippen LogP contribution in [0.25, 0.3) is 88.7 Å². The largest absolute Gasteiger partial charge is 0.455 e. The van der Waals surface area contributed by atoms with Crippen molar-refractivity contribution >= 4 is 82.6 Å². The molecule has 0 unspecified atom stereocenters. The van der Waals surface area contributed by atoms with Gasteiger partial charge in [0.1, 0.15) is 11.2 Å². The molecule has 0 atom stereocenters. The van der Waals surface area contributed by atoms with Gasteiger partial charge in [-0.2, -0.15) is 0 Å². The van der Waals surface area contributed by atoms with E-state index in [2.05, 4.69) is 340 Å². The van der Waals surface area contributed by atoms with Crippen LogP contribution in [0.5, 0.6) is 0 Å². The van der Waals surface area contributed by atoms with Crippen molar-refractivity contribution in [2.24, 2.45) is 0 Å². The summed E-state index contributed by atoms with van der Waals surface area (Å²) in [4.78, 5) is 4.72. The molecule has 5 heteroatoms. The van der Waals surface area contributed by atoms with Crippen LogP contribution in [0.1, 0.15) is 0 Å². The number of nitrogens with zero attached hydrogens (tertiary/aromatic N) is 2. The van der Waals surface area contributed by atoms with Gasteiger partial charge in [0.25, 0.3) is 0 Å². The molecule has 402 valence electrons. The molecule has 0 amide bonds. The summed E-state index contributed by atoms with van der Waals surface area (Å²) < 4.78 is 7.39. The number of furan rings is 1. The van der Waals surface area contributed by atoms with Gasteiger partial charge in [-0.05, 0) is 128 Å². The minimum atomic E-state index is -1.84. The van der Waals surface area contributed by atoms with E-state index in [0.717, 1.165) is 67.5 Å². The zero-order chi connectivity index (χ0) is 56.7. The van der Waals surface area contributed by atoms with Crippen LogP contribution in [0, 0.1) is 0 Å². The van der Waals surface area contributed by atoms with Crippen molar-refractivity contribution in [1.29, 1.82) is 0 Å². The van der Waals surface area contributed by atoms with Crippen molar-refractivity contribution in [3.05, 3.63) is 291 Å². The Morgan fingerprint density at radius 2 is 0.434 bits per heavy atom. The van der Waals surface area contributed by atoms with E-state index in [1.807, 2.05) is 0 Å².